The molecule has 0 aliphatic carbocycles. The van der Waals surface area contributed by atoms with Crippen LogP contribution in [0.1, 0.15) is 19.4 Å². The Morgan fingerprint density at radius 3 is 2.54 bits per heavy atom. The van der Waals surface area contributed by atoms with Gasteiger partial charge in [-0.2, -0.15) is 5.10 Å². The van der Waals surface area contributed by atoms with E-state index < -0.39 is 15.7 Å². The molecule has 8 nitrogen and oxygen atoms in total. The van der Waals surface area contributed by atoms with Crippen LogP contribution in [0.15, 0.2) is 40.5 Å². The van der Waals surface area contributed by atoms with Crippen molar-refractivity contribution in [3.8, 4) is 0 Å². The highest BCUT2D eigenvalue weighted by atomic mass is 35.5. The summed E-state index contributed by atoms with van der Waals surface area (Å²) in [5, 5.41) is 10.6. The van der Waals surface area contributed by atoms with Crippen LogP contribution in [0.2, 0.25) is 5.02 Å². The number of anilines is 1. The summed E-state index contributed by atoms with van der Waals surface area (Å²) in [5.74, 6) is -0.221. The second kappa shape index (κ2) is 7.88. The Labute approximate surface area is 156 Å². The predicted molar refractivity (Wildman–Crippen MR) is 99.2 cm³/mol. The number of hydrogen-bond donors (Lipinski definition) is 1. The molecular weight excluding hydrogens is 380 g/mol. The van der Waals surface area contributed by atoms with Gasteiger partial charge in [0.2, 0.25) is 0 Å². The fourth-order valence-corrected chi connectivity index (χ4v) is 3.32. The predicted octanol–water partition coefficient (Wildman–Crippen LogP) is 2.24. The van der Waals surface area contributed by atoms with Crippen LogP contribution in [0.4, 0.5) is 5.82 Å². The fourth-order valence-electron chi connectivity index (χ4n) is 1.99. The highest BCUT2D eigenvalue weighted by Gasteiger charge is 2.20. The molecule has 0 atom stereocenters. The van der Waals surface area contributed by atoms with Gasteiger partial charge in [0.25, 0.3) is 5.91 Å². The van der Waals surface area contributed by atoms with Crippen molar-refractivity contribution >= 4 is 38.9 Å². The molecule has 0 bridgehead atoms. The Balaban J connectivity index is 2.40. The van der Waals surface area contributed by atoms with Crippen LogP contribution in [-0.2, 0) is 26.5 Å². The van der Waals surface area contributed by atoms with Gasteiger partial charge in [0, 0.05) is 31.1 Å². The quantitative estimate of drug-likeness (QED) is 0.593. The fraction of sp³-hybridized carbons (Fsp3) is 0.312. The maximum Gasteiger partial charge on any atom is 0.279 e. The van der Waals surface area contributed by atoms with E-state index in [1.165, 1.54) is 22.9 Å². The zero-order valence-corrected chi connectivity index (χ0v) is 16.3. The SMILES string of the molecule is CC(C)O/N=C(/C(=O)Nc1ccn(C)n1)c1ccc(S(C)(=O)=O)c(Cl)c1. The minimum Gasteiger partial charge on any atom is -0.392 e. The Hall–Kier alpha value is -2.39. The standard InChI is InChI=1S/C16H19ClN4O4S/c1-10(2)25-20-15(16(22)18-14-7-8-21(3)19-14)11-5-6-13(12(17)9-11)26(4,23)24/h5-10H,1-4H3,(H,18,19,22)/b20-15+. The van der Waals surface area contributed by atoms with Crippen molar-refractivity contribution in [1.29, 1.82) is 0 Å². The number of amides is 1. The monoisotopic (exact) mass is 398 g/mol. The van der Waals surface area contributed by atoms with Crippen LogP contribution < -0.4 is 5.32 Å². The number of oxime groups is 1. The lowest BCUT2D eigenvalue weighted by molar-refractivity contribution is -0.110. The number of rotatable bonds is 6. The van der Waals surface area contributed by atoms with E-state index in [2.05, 4.69) is 15.6 Å². The number of carbonyl (C=O) groups is 1. The molecule has 2 rings (SSSR count). The summed E-state index contributed by atoms with van der Waals surface area (Å²) in [4.78, 5) is 17.8. The topological polar surface area (TPSA) is 103 Å². The molecule has 0 aliphatic heterocycles. The maximum atomic E-state index is 12.6. The molecule has 0 aliphatic rings. The summed E-state index contributed by atoms with van der Waals surface area (Å²) in [6, 6.07) is 5.76. The number of nitrogens with one attached hydrogen (secondary N) is 1. The molecule has 10 heteroatoms. The summed E-state index contributed by atoms with van der Waals surface area (Å²) >= 11 is 6.07. The normalized spacial score (nSPS) is 12.3. The van der Waals surface area contributed by atoms with Crippen LogP contribution in [0.5, 0.6) is 0 Å². The van der Waals surface area contributed by atoms with Gasteiger partial charge in [0.15, 0.2) is 21.4 Å². The minimum absolute atomic E-state index is 0.00659. The first-order valence-electron chi connectivity index (χ1n) is 7.62. The molecule has 140 valence electrons. The van der Waals surface area contributed by atoms with Gasteiger partial charge in [-0.25, -0.2) is 8.42 Å². The molecule has 26 heavy (non-hydrogen) atoms. The van der Waals surface area contributed by atoms with E-state index in [4.69, 9.17) is 16.4 Å². The van der Waals surface area contributed by atoms with Gasteiger partial charge in [-0.15, -0.1) is 0 Å². The number of aromatic nitrogens is 2. The molecule has 1 amide bonds. The first-order chi connectivity index (χ1) is 12.1. The summed E-state index contributed by atoms with van der Waals surface area (Å²) in [6.45, 7) is 3.52. The summed E-state index contributed by atoms with van der Waals surface area (Å²) in [6.07, 6.45) is 2.48. The Morgan fingerprint density at radius 2 is 2.04 bits per heavy atom. The van der Waals surface area contributed by atoms with Gasteiger partial charge >= 0.3 is 0 Å². The molecule has 2 aromatic rings. The molecular formula is C16H19ClN4O4S. The third-order valence-corrected chi connectivity index (χ3v) is 4.71. The van der Waals surface area contributed by atoms with Gasteiger partial charge in [-0.05, 0) is 26.0 Å². The van der Waals surface area contributed by atoms with Crippen LogP contribution in [0.25, 0.3) is 0 Å². The largest absolute Gasteiger partial charge is 0.392 e. The van der Waals surface area contributed by atoms with Crippen LogP contribution in [0.3, 0.4) is 0 Å². The van der Waals surface area contributed by atoms with E-state index >= 15 is 0 Å². The van der Waals surface area contributed by atoms with E-state index in [1.54, 1.807) is 33.2 Å². The van der Waals surface area contributed by atoms with Gasteiger partial charge in [-0.1, -0.05) is 22.8 Å². The van der Waals surface area contributed by atoms with Gasteiger partial charge < -0.3 is 10.2 Å². The smallest absolute Gasteiger partial charge is 0.279 e. The van der Waals surface area contributed by atoms with Crippen LogP contribution in [-0.4, -0.2) is 42.2 Å². The van der Waals surface area contributed by atoms with Crippen molar-refractivity contribution in [1.82, 2.24) is 9.78 Å². The maximum absolute atomic E-state index is 12.6. The molecule has 0 saturated carbocycles. The van der Waals surface area contributed by atoms with Crippen molar-refractivity contribution in [3.05, 3.63) is 41.0 Å². The summed E-state index contributed by atoms with van der Waals surface area (Å²) < 4.78 is 24.9. The second-order valence-corrected chi connectivity index (χ2v) is 8.23. The number of hydrogen-bond acceptors (Lipinski definition) is 6. The number of aryl methyl sites for hydroxylation is 1. The van der Waals surface area contributed by atoms with E-state index in [9.17, 15) is 13.2 Å². The highest BCUT2D eigenvalue weighted by Crippen LogP contribution is 2.23. The molecule has 1 aromatic carbocycles. The van der Waals surface area contributed by atoms with Gasteiger partial charge in [0.1, 0.15) is 6.10 Å². The summed E-state index contributed by atoms with van der Waals surface area (Å²) in [5.41, 5.74) is 0.266. The van der Waals surface area contributed by atoms with Gasteiger partial charge in [0.05, 0.1) is 9.92 Å². The van der Waals surface area contributed by atoms with Crippen molar-refractivity contribution < 1.29 is 18.0 Å². The average molecular weight is 399 g/mol. The first-order valence-corrected chi connectivity index (χ1v) is 9.89. The number of halogens is 1. The molecule has 1 heterocycles. The molecule has 0 radical (unpaired) electrons. The van der Waals surface area contributed by atoms with E-state index in [1.807, 2.05) is 0 Å². The first kappa shape index (κ1) is 19.9. The molecule has 0 spiro atoms. The number of nitrogens with zero attached hydrogens (tertiary/aromatic N) is 3. The van der Waals surface area contributed by atoms with E-state index in [-0.39, 0.29) is 21.7 Å². The van der Waals surface area contributed by atoms with Crippen LogP contribution in [0, 0.1) is 0 Å². The molecule has 0 unspecified atom stereocenters. The molecule has 0 saturated heterocycles. The molecule has 1 aromatic heterocycles. The van der Waals surface area contributed by atoms with E-state index in [0.29, 0.717) is 11.4 Å². The highest BCUT2D eigenvalue weighted by molar-refractivity contribution is 7.90. The molecule has 1 N–H and O–H groups in total. The minimum atomic E-state index is -3.48. The van der Waals surface area contributed by atoms with Gasteiger partial charge in [-0.3, -0.25) is 9.48 Å². The number of benzene rings is 1. The third-order valence-electron chi connectivity index (χ3n) is 3.13. The Kier molecular flexibility index (Phi) is 6.04. The summed E-state index contributed by atoms with van der Waals surface area (Å²) in [7, 11) is -1.77. The lowest BCUT2D eigenvalue weighted by Gasteiger charge is -2.10. The number of carbonyl (C=O) groups excluding carboxylic acids is 1. The van der Waals surface area contributed by atoms with Crippen molar-refractivity contribution in [2.75, 3.05) is 11.6 Å². The van der Waals surface area contributed by atoms with Crippen molar-refractivity contribution in [3.63, 3.8) is 0 Å². The van der Waals surface area contributed by atoms with Crippen molar-refractivity contribution in [2.45, 2.75) is 24.8 Å². The lowest BCUT2D eigenvalue weighted by atomic mass is 10.1. The zero-order valence-electron chi connectivity index (χ0n) is 14.7. The van der Waals surface area contributed by atoms with Crippen molar-refractivity contribution in [2.24, 2.45) is 12.2 Å². The molecule has 0 fully saturated rings. The lowest BCUT2D eigenvalue weighted by Crippen LogP contribution is -2.25. The Morgan fingerprint density at radius 1 is 1.35 bits per heavy atom. The van der Waals surface area contributed by atoms with E-state index in [0.717, 1.165) is 6.26 Å². The average Bonchev–Trinajstić information content (AvgIpc) is 2.91. The Bertz CT molecular complexity index is 951. The third kappa shape index (κ3) is 5.06. The number of sulfone groups is 1. The van der Waals surface area contributed by atoms with Crippen LogP contribution >= 0.6 is 11.6 Å². The zero-order chi connectivity index (χ0) is 19.5. The second-order valence-electron chi connectivity index (χ2n) is 5.84.